The van der Waals surface area contributed by atoms with E-state index in [9.17, 15) is 0 Å². The minimum Gasteiger partial charge on any atom is -0.813 e. The molecule has 0 spiro atoms. The summed E-state index contributed by atoms with van der Waals surface area (Å²) >= 11 is 0. The third-order valence-electron chi connectivity index (χ3n) is 0.707. The Morgan fingerprint density at radius 2 is 0.909 bits per heavy atom. The molecule has 0 aromatic heterocycles. The quantitative estimate of drug-likeness (QED) is 0.314. The monoisotopic (exact) mass is 238 g/mol. The standard InChI is InChI=1S/2C4H9.Ni.2H2S/c2*1-3-4-2;;;/h2*1,3-4H2,2H3;;2*1H2/q2*-1;;;/p-2. The van der Waals surface area contributed by atoms with E-state index in [1.807, 2.05) is 0 Å². The van der Waals surface area contributed by atoms with E-state index < -0.39 is 0 Å². The average Bonchev–Trinajstić information content (AvgIpc) is 1.88. The first-order valence-corrected chi connectivity index (χ1v) is 3.41. The van der Waals surface area contributed by atoms with E-state index in [4.69, 9.17) is 0 Å². The Bertz CT molecular complexity index is 20.1. The van der Waals surface area contributed by atoms with Crippen molar-refractivity contribution < 1.29 is 16.5 Å². The van der Waals surface area contributed by atoms with Crippen LogP contribution < -0.4 is 0 Å². The molecule has 0 radical (unpaired) electrons. The summed E-state index contributed by atoms with van der Waals surface area (Å²) in [5.74, 6) is 0. The second-order valence-corrected chi connectivity index (χ2v) is 1.71. The molecule has 0 aromatic rings. The molecular weight excluding hydrogens is 219 g/mol. The number of hydrogen-bond donors (Lipinski definition) is 0. The molecule has 78 valence electrons. The van der Waals surface area contributed by atoms with Crippen molar-refractivity contribution in [1.29, 1.82) is 0 Å². The minimum atomic E-state index is 0. The van der Waals surface area contributed by atoms with Gasteiger partial charge in [0.15, 0.2) is 0 Å². The van der Waals surface area contributed by atoms with Crippen molar-refractivity contribution in [2.45, 2.75) is 39.5 Å². The van der Waals surface area contributed by atoms with Gasteiger partial charge in [0.05, 0.1) is 0 Å². The van der Waals surface area contributed by atoms with Gasteiger partial charge in [-0.1, -0.05) is 26.7 Å². The van der Waals surface area contributed by atoms with Gasteiger partial charge in [-0.15, -0.1) is 0 Å². The predicted octanol–water partition coefficient (Wildman–Crippen LogP) is 2.70. The fourth-order valence-corrected chi connectivity index (χ4v) is 0. The summed E-state index contributed by atoms with van der Waals surface area (Å²) in [7, 11) is 0. The van der Waals surface area contributed by atoms with Gasteiger partial charge >= 0.3 is 0 Å². The summed E-state index contributed by atoms with van der Waals surface area (Å²) in [6.45, 7) is 11.4. The number of rotatable bonds is 2. The van der Waals surface area contributed by atoms with Crippen LogP contribution in [0.2, 0.25) is 0 Å². The van der Waals surface area contributed by atoms with Crippen LogP contribution in [-0.2, 0) is 43.5 Å². The smallest absolute Gasteiger partial charge is 0 e. The molecule has 0 saturated heterocycles. The van der Waals surface area contributed by atoms with E-state index in [2.05, 4.69) is 27.7 Å². The van der Waals surface area contributed by atoms with Crippen LogP contribution in [0.5, 0.6) is 0 Å². The molecule has 0 nitrogen and oxygen atoms in total. The summed E-state index contributed by atoms with van der Waals surface area (Å²) in [5.41, 5.74) is 0. The van der Waals surface area contributed by atoms with E-state index >= 15 is 0 Å². The Balaban J connectivity index is -0.0000000171. The molecule has 0 fully saturated rings. The van der Waals surface area contributed by atoms with Crippen LogP contribution in [0.15, 0.2) is 0 Å². The Labute approximate surface area is 96.7 Å². The zero-order chi connectivity index (χ0) is 6.83. The van der Waals surface area contributed by atoms with Crippen molar-refractivity contribution >= 4 is 27.0 Å². The van der Waals surface area contributed by atoms with Crippen LogP contribution in [0.1, 0.15) is 39.5 Å². The van der Waals surface area contributed by atoms with Gasteiger partial charge in [0.1, 0.15) is 0 Å². The first-order valence-electron chi connectivity index (χ1n) is 3.41. The maximum Gasteiger partial charge on any atom is 0 e. The third kappa shape index (κ3) is 92.8. The first-order chi connectivity index (χ1) is 3.83. The van der Waals surface area contributed by atoms with E-state index in [0.29, 0.717) is 0 Å². The van der Waals surface area contributed by atoms with E-state index in [1.54, 1.807) is 0 Å². The molecule has 0 bridgehead atoms. The maximum absolute atomic E-state index is 3.60. The SMILES string of the molecule is [CH2-]CCC.[CH2-]CCC.[Ni].[SH-].[SH-]. The zero-order valence-corrected chi connectivity index (χ0v) is 10.2. The molecule has 0 saturated carbocycles. The van der Waals surface area contributed by atoms with Crippen molar-refractivity contribution in [3.63, 3.8) is 0 Å². The fraction of sp³-hybridized carbons (Fsp3) is 0.750. The molecule has 0 N–H and O–H groups in total. The van der Waals surface area contributed by atoms with Crippen LogP contribution in [0.3, 0.4) is 0 Å². The van der Waals surface area contributed by atoms with Crippen molar-refractivity contribution in [3.05, 3.63) is 13.8 Å². The summed E-state index contributed by atoms with van der Waals surface area (Å²) in [4.78, 5) is 0. The van der Waals surface area contributed by atoms with Gasteiger partial charge in [-0.2, -0.15) is 12.8 Å². The van der Waals surface area contributed by atoms with Gasteiger partial charge in [-0.25, -0.2) is 0 Å². The maximum atomic E-state index is 3.60. The van der Waals surface area contributed by atoms with Crippen molar-refractivity contribution in [2.24, 2.45) is 0 Å². The molecule has 0 aliphatic heterocycles. The number of hydrogen-bond acceptors (Lipinski definition) is 2. The average molecular weight is 239 g/mol. The molecule has 0 aliphatic carbocycles. The molecule has 3 heteroatoms. The van der Waals surface area contributed by atoms with Gasteiger partial charge in [0.25, 0.3) is 0 Å². The van der Waals surface area contributed by atoms with Crippen LogP contribution in [0.4, 0.5) is 0 Å². The summed E-state index contributed by atoms with van der Waals surface area (Å²) in [6.07, 6.45) is 4.56. The van der Waals surface area contributed by atoms with Gasteiger partial charge in [0, 0.05) is 16.5 Å². The Morgan fingerprint density at radius 1 is 0.818 bits per heavy atom. The van der Waals surface area contributed by atoms with Gasteiger partial charge in [-0.05, 0) is 0 Å². The normalized spacial score (nSPS) is 5.45. The summed E-state index contributed by atoms with van der Waals surface area (Å²) in [6, 6.07) is 0. The summed E-state index contributed by atoms with van der Waals surface area (Å²) < 4.78 is 0. The van der Waals surface area contributed by atoms with E-state index in [0.717, 1.165) is 12.8 Å². The van der Waals surface area contributed by atoms with Gasteiger partial charge in [0.2, 0.25) is 0 Å². The van der Waals surface area contributed by atoms with Gasteiger partial charge in [-0.3, -0.25) is 0 Å². The second kappa shape index (κ2) is 43.1. The minimum absolute atomic E-state index is 0. The molecule has 0 atom stereocenters. The topological polar surface area (TPSA) is 0 Å². The molecule has 0 aromatic carbocycles. The molecule has 11 heavy (non-hydrogen) atoms. The van der Waals surface area contributed by atoms with Crippen LogP contribution >= 0.6 is 0 Å². The molecule has 0 rings (SSSR count). The molecule has 0 unspecified atom stereocenters. The third-order valence-corrected chi connectivity index (χ3v) is 0.707. The zero-order valence-electron chi connectivity index (χ0n) is 7.45. The Morgan fingerprint density at radius 3 is 0.909 bits per heavy atom. The fourth-order valence-electron chi connectivity index (χ4n) is 0. The van der Waals surface area contributed by atoms with E-state index in [-0.39, 0.29) is 43.5 Å². The molecule has 0 aliphatic rings. The first kappa shape index (κ1) is 29.5. The molecule has 0 amide bonds. The van der Waals surface area contributed by atoms with Crippen LogP contribution in [-0.4, -0.2) is 0 Å². The summed E-state index contributed by atoms with van der Waals surface area (Å²) in [5, 5.41) is 0. The van der Waals surface area contributed by atoms with Crippen LogP contribution in [0, 0.1) is 13.8 Å². The Kier molecular flexibility index (Phi) is 116. The number of thiol groups is 2. The van der Waals surface area contributed by atoms with Crippen molar-refractivity contribution in [3.8, 4) is 0 Å². The second-order valence-electron chi connectivity index (χ2n) is 1.71. The van der Waals surface area contributed by atoms with Crippen molar-refractivity contribution in [2.75, 3.05) is 0 Å². The van der Waals surface area contributed by atoms with E-state index in [1.165, 1.54) is 12.8 Å². The molecular formula is C8H20NiS2-4. The van der Waals surface area contributed by atoms with Gasteiger partial charge < -0.3 is 40.8 Å². The molecule has 0 heterocycles. The Hall–Kier alpha value is 1.19. The van der Waals surface area contributed by atoms with Crippen LogP contribution in [0.25, 0.3) is 0 Å². The largest absolute Gasteiger partial charge is 0.813 e. The predicted molar refractivity (Wildman–Crippen MR) is 58.1 cm³/mol. The van der Waals surface area contributed by atoms with Crippen molar-refractivity contribution in [1.82, 2.24) is 0 Å². The number of unbranched alkanes of at least 4 members (excludes halogenated alkanes) is 2.